The van der Waals surface area contributed by atoms with Crippen LogP contribution in [-0.4, -0.2) is 17.4 Å². The van der Waals surface area contributed by atoms with Gasteiger partial charge in [0, 0.05) is 24.9 Å². The second-order valence-corrected chi connectivity index (χ2v) is 5.25. The zero-order valence-corrected chi connectivity index (χ0v) is 12.8. The van der Waals surface area contributed by atoms with Crippen LogP contribution in [0.3, 0.4) is 0 Å². The summed E-state index contributed by atoms with van der Waals surface area (Å²) in [5, 5.41) is 25.1. The Hall–Kier alpha value is -2.59. The van der Waals surface area contributed by atoms with E-state index in [1.807, 2.05) is 13.8 Å². The van der Waals surface area contributed by atoms with Crippen molar-refractivity contribution in [1.29, 1.82) is 5.26 Å². The van der Waals surface area contributed by atoms with Crippen molar-refractivity contribution in [3.05, 3.63) is 45.1 Å². The van der Waals surface area contributed by atoms with Crippen molar-refractivity contribution in [3.8, 4) is 6.07 Å². The third-order valence-corrected chi connectivity index (χ3v) is 2.88. The fraction of sp³-hybridized carbons (Fsp3) is 0.286. The van der Waals surface area contributed by atoms with Crippen LogP contribution in [-0.2, 0) is 4.79 Å². The maximum atomic E-state index is 12.0. The molecule has 0 radical (unpaired) electrons. The van der Waals surface area contributed by atoms with Crippen molar-refractivity contribution in [2.75, 3.05) is 11.9 Å². The minimum absolute atomic E-state index is 0.0749. The molecule has 1 aromatic carbocycles. The number of hydrogen-bond acceptors (Lipinski definition) is 5. The van der Waals surface area contributed by atoms with E-state index in [0.717, 1.165) is 6.07 Å². The van der Waals surface area contributed by atoms with E-state index in [1.54, 1.807) is 6.07 Å². The molecule has 8 heteroatoms. The normalized spacial score (nSPS) is 11.0. The number of nitrogens with one attached hydrogen (secondary N) is 2. The van der Waals surface area contributed by atoms with Crippen LogP contribution in [0.4, 0.5) is 11.4 Å². The molecule has 1 rings (SSSR count). The molecule has 0 aromatic heterocycles. The molecule has 0 spiro atoms. The Morgan fingerprint density at radius 2 is 2.23 bits per heavy atom. The lowest BCUT2D eigenvalue weighted by Crippen LogP contribution is -2.19. The molecule has 0 aliphatic rings. The Morgan fingerprint density at radius 3 is 2.77 bits per heavy atom. The molecule has 0 aliphatic carbocycles. The molecule has 116 valence electrons. The number of amides is 1. The number of nitro groups is 1. The van der Waals surface area contributed by atoms with Gasteiger partial charge in [0.15, 0.2) is 0 Å². The van der Waals surface area contributed by atoms with Crippen LogP contribution < -0.4 is 10.6 Å². The molecule has 7 nitrogen and oxygen atoms in total. The van der Waals surface area contributed by atoms with Gasteiger partial charge in [-0.25, -0.2) is 0 Å². The van der Waals surface area contributed by atoms with Gasteiger partial charge in [-0.3, -0.25) is 14.9 Å². The summed E-state index contributed by atoms with van der Waals surface area (Å²) in [5.41, 5.74) is -0.283. The molecule has 0 heterocycles. The molecule has 0 atom stereocenters. The zero-order chi connectivity index (χ0) is 16.7. The van der Waals surface area contributed by atoms with E-state index < -0.39 is 10.8 Å². The molecule has 0 unspecified atom stereocenters. The molecule has 0 saturated carbocycles. The van der Waals surface area contributed by atoms with Crippen LogP contribution in [0.15, 0.2) is 30.0 Å². The molecule has 22 heavy (non-hydrogen) atoms. The minimum Gasteiger partial charge on any atom is -0.389 e. The number of nitro benzene ring substituents is 1. The highest BCUT2D eigenvalue weighted by Gasteiger charge is 2.14. The molecule has 1 aromatic rings. The summed E-state index contributed by atoms with van der Waals surface area (Å²) < 4.78 is 0. The fourth-order valence-corrected chi connectivity index (χ4v) is 1.62. The Labute approximate surface area is 132 Å². The summed E-state index contributed by atoms with van der Waals surface area (Å²) in [5.74, 6) is -0.341. The van der Waals surface area contributed by atoms with E-state index in [2.05, 4.69) is 10.6 Å². The molecule has 0 aliphatic heterocycles. The first-order chi connectivity index (χ1) is 10.3. The predicted octanol–water partition coefficient (Wildman–Crippen LogP) is 2.84. The van der Waals surface area contributed by atoms with Crippen molar-refractivity contribution in [3.63, 3.8) is 0 Å². The smallest absolute Gasteiger partial charge is 0.271 e. The fourth-order valence-electron chi connectivity index (χ4n) is 1.46. The number of carbonyl (C=O) groups is 1. The summed E-state index contributed by atoms with van der Waals surface area (Å²) >= 11 is 5.88. The van der Waals surface area contributed by atoms with E-state index >= 15 is 0 Å². The van der Waals surface area contributed by atoms with Gasteiger partial charge in [0.05, 0.1) is 15.6 Å². The highest BCUT2D eigenvalue weighted by Crippen LogP contribution is 2.26. The number of halogens is 1. The SMILES string of the molecule is CC(C)CN/C=C(/C#N)C(=O)Nc1cc([N+](=O)[O-])ccc1Cl. The van der Waals surface area contributed by atoms with Crippen LogP contribution in [0, 0.1) is 27.4 Å². The van der Waals surface area contributed by atoms with E-state index in [0.29, 0.717) is 12.5 Å². The minimum atomic E-state index is -0.693. The summed E-state index contributed by atoms with van der Waals surface area (Å²) in [7, 11) is 0. The number of nitrogens with zero attached hydrogens (tertiary/aromatic N) is 2. The Bertz CT molecular complexity index is 650. The van der Waals surface area contributed by atoms with Gasteiger partial charge in [0.25, 0.3) is 11.6 Å². The lowest BCUT2D eigenvalue weighted by molar-refractivity contribution is -0.384. The molecule has 2 N–H and O–H groups in total. The van der Waals surface area contributed by atoms with E-state index in [-0.39, 0.29) is 22.0 Å². The summed E-state index contributed by atoms with van der Waals surface area (Å²) in [4.78, 5) is 22.1. The largest absolute Gasteiger partial charge is 0.389 e. The van der Waals surface area contributed by atoms with Gasteiger partial charge < -0.3 is 10.6 Å². The molecule has 0 bridgehead atoms. The van der Waals surface area contributed by atoms with Crippen LogP contribution in [0.25, 0.3) is 0 Å². The highest BCUT2D eigenvalue weighted by molar-refractivity contribution is 6.34. The monoisotopic (exact) mass is 322 g/mol. The zero-order valence-electron chi connectivity index (χ0n) is 12.1. The van der Waals surface area contributed by atoms with Gasteiger partial charge >= 0.3 is 0 Å². The average molecular weight is 323 g/mol. The van der Waals surface area contributed by atoms with E-state index in [9.17, 15) is 14.9 Å². The van der Waals surface area contributed by atoms with Gasteiger partial charge in [-0.2, -0.15) is 5.26 Å². The Morgan fingerprint density at radius 1 is 1.55 bits per heavy atom. The summed E-state index contributed by atoms with van der Waals surface area (Å²) in [6, 6.07) is 5.43. The first-order valence-electron chi connectivity index (χ1n) is 6.44. The summed E-state index contributed by atoms with van der Waals surface area (Å²) in [6.45, 7) is 4.57. The van der Waals surface area contributed by atoms with Gasteiger partial charge in [-0.1, -0.05) is 25.4 Å². The lowest BCUT2D eigenvalue weighted by Gasteiger charge is -2.07. The maximum Gasteiger partial charge on any atom is 0.271 e. The highest BCUT2D eigenvalue weighted by atomic mass is 35.5. The van der Waals surface area contributed by atoms with Crippen LogP contribution in [0.5, 0.6) is 0 Å². The molecular weight excluding hydrogens is 308 g/mol. The maximum absolute atomic E-state index is 12.0. The van der Waals surface area contributed by atoms with E-state index in [1.165, 1.54) is 18.3 Å². The number of nitriles is 1. The number of benzene rings is 1. The molecule has 0 fully saturated rings. The third kappa shape index (κ3) is 5.07. The van der Waals surface area contributed by atoms with Crippen molar-refractivity contribution in [1.82, 2.24) is 5.32 Å². The van der Waals surface area contributed by atoms with Gasteiger partial charge in [0.2, 0.25) is 0 Å². The van der Waals surface area contributed by atoms with Gasteiger partial charge in [0.1, 0.15) is 11.6 Å². The topological polar surface area (TPSA) is 108 Å². The number of hydrogen-bond donors (Lipinski definition) is 2. The van der Waals surface area contributed by atoms with Gasteiger partial charge in [-0.05, 0) is 12.0 Å². The van der Waals surface area contributed by atoms with Crippen molar-refractivity contribution in [2.24, 2.45) is 5.92 Å². The lowest BCUT2D eigenvalue weighted by atomic mass is 10.2. The second-order valence-electron chi connectivity index (χ2n) is 4.85. The molecule has 0 saturated heterocycles. The Balaban J connectivity index is 2.89. The number of anilines is 1. The first-order valence-corrected chi connectivity index (χ1v) is 6.82. The standard InChI is InChI=1S/C14H15ClN4O3/c1-9(2)7-17-8-10(6-16)14(20)18-13-5-11(19(21)22)3-4-12(13)15/h3-5,8-9,17H,7H2,1-2H3,(H,18,20)/b10-8-. The molecular formula is C14H15ClN4O3. The quantitative estimate of drug-likeness (QED) is 0.362. The van der Waals surface area contributed by atoms with Crippen molar-refractivity contribution >= 4 is 28.9 Å². The average Bonchev–Trinajstić information content (AvgIpc) is 2.45. The van der Waals surface area contributed by atoms with Crippen molar-refractivity contribution in [2.45, 2.75) is 13.8 Å². The second kappa shape index (κ2) is 8.00. The van der Waals surface area contributed by atoms with Gasteiger partial charge in [-0.15, -0.1) is 0 Å². The summed E-state index contributed by atoms with van der Waals surface area (Å²) in [6.07, 6.45) is 1.31. The Kier molecular flexibility index (Phi) is 6.35. The van der Waals surface area contributed by atoms with Crippen LogP contribution in [0.2, 0.25) is 5.02 Å². The first kappa shape index (κ1) is 17.5. The third-order valence-electron chi connectivity index (χ3n) is 2.55. The predicted molar refractivity (Wildman–Crippen MR) is 83.3 cm³/mol. The van der Waals surface area contributed by atoms with Crippen LogP contribution >= 0.6 is 11.6 Å². The number of carbonyl (C=O) groups excluding carboxylic acids is 1. The molecule has 1 amide bonds. The number of rotatable bonds is 6. The van der Waals surface area contributed by atoms with E-state index in [4.69, 9.17) is 16.9 Å². The number of non-ortho nitro benzene ring substituents is 1. The van der Waals surface area contributed by atoms with Crippen LogP contribution in [0.1, 0.15) is 13.8 Å². The van der Waals surface area contributed by atoms with Crippen molar-refractivity contribution < 1.29 is 9.72 Å².